The van der Waals surface area contributed by atoms with Crippen LogP contribution in [0, 0.1) is 0 Å². The van der Waals surface area contributed by atoms with E-state index in [-0.39, 0.29) is 0 Å². The average Bonchev–Trinajstić information content (AvgIpc) is 2.68. The van der Waals surface area contributed by atoms with Gasteiger partial charge in [0.2, 0.25) is 0 Å². The highest BCUT2D eigenvalue weighted by Crippen LogP contribution is 2.26. The number of halogens is 2. The Labute approximate surface area is 172 Å². The molecule has 4 nitrogen and oxygen atoms in total. The summed E-state index contributed by atoms with van der Waals surface area (Å²) < 4.78 is 5.40. The summed E-state index contributed by atoms with van der Waals surface area (Å²) >= 11 is 11.9. The molecule has 0 heterocycles. The fraction of sp³-hybridized carbons (Fsp3) is 0. The van der Waals surface area contributed by atoms with Crippen LogP contribution in [0.2, 0.25) is 10.0 Å². The summed E-state index contributed by atoms with van der Waals surface area (Å²) in [5, 5.41) is 3.47. The van der Waals surface area contributed by atoms with E-state index in [0.717, 1.165) is 0 Å². The minimum Gasteiger partial charge on any atom is -0.423 e. The molecule has 0 saturated carbocycles. The monoisotopic (exact) mass is 411 g/mol. The third kappa shape index (κ3) is 4.80. The molecule has 0 fully saturated rings. The van der Waals surface area contributed by atoms with Gasteiger partial charge in [0.15, 0.2) is 0 Å². The largest absolute Gasteiger partial charge is 0.423 e. The van der Waals surface area contributed by atoms with E-state index < -0.39 is 11.9 Å². The van der Waals surface area contributed by atoms with Crippen molar-refractivity contribution in [3.05, 3.63) is 100 Å². The number of hydrogen-bond acceptors (Lipinski definition) is 3. The fourth-order valence-electron chi connectivity index (χ4n) is 2.50. The first-order valence-electron chi connectivity index (χ1n) is 8.27. The Bertz CT molecular complexity index is 1030. The Hall–Kier alpha value is -3.08. The van der Waals surface area contributed by atoms with Crippen molar-refractivity contribution < 1.29 is 14.3 Å². The summed E-state index contributed by atoms with van der Waals surface area (Å²) in [6.07, 6.45) is 1.59. The van der Waals surface area contributed by atoms with Crippen LogP contribution in [0.4, 0.5) is 5.69 Å². The molecule has 0 aliphatic heterocycles. The van der Waals surface area contributed by atoms with Crippen LogP contribution in [0.15, 0.2) is 73.3 Å². The summed E-state index contributed by atoms with van der Waals surface area (Å²) in [6.45, 7) is 3.74. The van der Waals surface area contributed by atoms with Crippen molar-refractivity contribution in [2.45, 2.75) is 0 Å². The van der Waals surface area contributed by atoms with Crippen molar-refractivity contribution in [1.82, 2.24) is 0 Å². The minimum absolute atomic E-state index is 0.291. The lowest BCUT2D eigenvalue weighted by atomic mass is 10.1. The van der Waals surface area contributed by atoms with Crippen LogP contribution in [0.3, 0.4) is 0 Å². The summed E-state index contributed by atoms with van der Waals surface area (Å²) in [7, 11) is 0. The maximum Gasteiger partial charge on any atom is 0.343 e. The van der Waals surface area contributed by atoms with Crippen LogP contribution in [0.5, 0.6) is 5.75 Å². The van der Waals surface area contributed by atoms with Gasteiger partial charge in [-0.25, -0.2) is 4.79 Å². The predicted octanol–water partition coefficient (Wildman–Crippen LogP) is 6.11. The number of rotatable bonds is 5. The number of ether oxygens (including phenoxy) is 1. The second kappa shape index (κ2) is 8.74. The van der Waals surface area contributed by atoms with E-state index in [0.29, 0.717) is 38.2 Å². The zero-order valence-electron chi connectivity index (χ0n) is 14.6. The van der Waals surface area contributed by atoms with E-state index in [2.05, 4.69) is 11.9 Å². The van der Waals surface area contributed by atoms with Crippen molar-refractivity contribution in [3.8, 4) is 5.75 Å². The van der Waals surface area contributed by atoms with Gasteiger partial charge in [-0.15, -0.1) is 0 Å². The van der Waals surface area contributed by atoms with E-state index in [9.17, 15) is 9.59 Å². The maximum atomic E-state index is 12.6. The molecule has 3 aromatic carbocycles. The van der Waals surface area contributed by atoms with Gasteiger partial charge in [0.1, 0.15) is 5.75 Å². The SMILES string of the molecule is C=Cc1ccc(OC(=O)c2ccccc2)cc1NC(=O)c1cc(Cl)cc(Cl)c1. The highest BCUT2D eigenvalue weighted by Gasteiger charge is 2.13. The maximum absolute atomic E-state index is 12.6. The van der Waals surface area contributed by atoms with Crippen LogP contribution in [0.1, 0.15) is 26.3 Å². The second-order valence-electron chi connectivity index (χ2n) is 5.82. The average molecular weight is 412 g/mol. The Morgan fingerprint density at radius 3 is 2.21 bits per heavy atom. The second-order valence-corrected chi connectivity index (χ2v) is 6.69. The van der Waals surface area contributed by atoms with Crippen molar-refractivity contribution in [3.63, 3.8) is 0 Å². The zero-order chi connectivity index (χ0) is 20.1. The molecule has 0 radical (unpaired) electrons. The third-order valence-corrected chi connectivity index (χ3v) is 4.27. The van der Waals surface area contributed by atoms with Crippen LogP contribution in [0.25, 0.3) is 6.08 Å². The minimum atomic E-state index is -0.495. The number of amides is 1. The molecule has 0 aromatic heterocycles. The quantitative estimate of drug-likeness (QED) is 0.407. The number of nitrogens with one attached hydrogen (secondary N) is 1. The molecule has 0 saturated heterocycles. The molecule has 0 spiro atoms. The molecule has 0 unspecified atom stereocenters. The molecule has 0 bridgehead atoms. The van der Waals surface area contributed by atoms with Crippen molar-refractivity contribution in [2.24, 2.45) is 0 Å². The van der Waals surface area contributed by atoms with E-state index in [1.54, 1.807) is 54.6 Å². The molecular weight excluding hydrogens is 397 g/mol. The third-order valence-electron chi connectivity index (χ3n) is 3.84. The molecule has 0 atom stereocenters. The fourth-order valence-corrected chi connectivity index (χ4v) is 3.03. The molecule has 1 amide bonds. The van der Waals surface area contributed by atoms with E-state index in [1.807, 2.05) is 6.07 Å². The smallest absolute Gasteiger partial charge is 0.343 e. The molecule has 1 N–H and O–H groups in total. The lowest BCUT2D eigenvalue weighted by Crippen LogP contribution is -2.13. The number of carbonyl (C=O) groups excluding carboxylic acids is 2. The number of anilines is 1. The number of esters is 1. The Kier molecular flexibility index (Phi) is 6.14. The van der Waals surface area contributed by atoms with Gasteiger partial charge in [-0.05, 0) is 48.0 Å². The summed E-state index contributed by atoms with van der Waals surface area (Å²) in [5.41, 5.74) is 1.84. The van der Waals surface area contributed by atoms with Gasteiger partial charge in [-0.1, -0.05) is 54.1 Å². The standard InChI is InChI=1S/C22H15Cl2NO3/c1-2-14-8-9-19(28-22(27)15-6-4-3-5-7-15)13-20(14)25-21(26)16-10-17(23)12-18(24)11-16/h2-13H,1H2,(H,25,26). The Balaban J connectivity index is 1.84. The van der Waals surface area contributed by atoms with Gasteiger partial charge in [0.05, 0.1) is 11.3 Å². The van der Waals surface area contributed by atoms with Gasteiger partial charge in [0.25, 0.3) is 5.91 Å². The van der Waals surface area contributed by atoms with Crippen molar-refractivity contribution >= 4 is 46.8 Å². The number of hydrogen-bond donors (Lipinski definition) is 1. The van der Waals surface area contributed by atoms with Gasteiger partial charge in [-0.3, -0.25) is 4.79 Å². The van der Waals surface area contributed by atoms with Gasteiger partial charge >= 0.3 is 5.97 Å². The topological polar surface area (TPSA) is 55.4 Å². The van der Waals surface area contributed by atoms with Gasteiger partial charge in [0, 0.05) is 21.7 Å². The highest BCUT2D eigenvalue weighted by molar-refractivity contribution is 6.35. The molecule has 6 heteroatoms. The number of benzene rings is 3. The first kappa shape index (κ1) is 19.7. The summed E-state index contributed by atoms with van der Waals surface area (Å²) in [5.74, 6) is -0.608. The Morgan fingerprint density at radius 2 is 1.57 bits per heavy atom. The van der Waals surface area contributed by atoms with Crippen LogP contribution >= 0.6 is 23.2 Å². The first-order chi connectivity index (χ1) is 13.5. The number of carbonyl (C=O) groups is 2. The highest BCUT2D eigenvalue weighted by atomic mass is 35.5. The Morgan fingerprint density at radius 1 is 0.893 bits per heavy atom. The van der Waals surface area contributed by atoms with Gasteiger partial charge in [-0.2, -0.15) is 0 Å². The molecule has 3 rings (SSSR count). The first-order valence-corrected chi connectivity index (χ1v) is 9.03. The lowest BCUT2D eigenvalue weighted by molar-refractivity contribution is 0.0735. The summed E-state index contributed by atoms with van der Waals surface area (Å²) in [4.78, 5) is 24.8. The summed E-state index contributed by atoms with van der Waals surface area (Å²) in [6, 6.07) is 18.1. The predicted molar refractivity (Wildman–Crippen MR) is 112 cm³/mol. The molecule has 140 valence electrons. The lowest BCUT2D eigenvalue weighted by Gasteiger charge is -2.12. The van der Waals surface area contributed by atoms with E-state index in [1.165, 1.54) is 12.1 Å². The van der Waals surface area contributed by atoms with Crippen LogP contribution in [-0.2, 0) is 0 Å². The van der Waals surface area contributed by atoms with Crippen LogP contribution < -0.4 is 10.1 Å². The van der Waals surface area contributed by atoms with Crippen molar-refractivity contribution in [2.75, 3.05) is 5.32 Å². The molecule has 0 aliphatic rings. The molecular formula is C22H15Cl2NO3. The van der Waals surface area contributed by atoms with E-state index >= 15 is 0 Å². The molecule has 28 heavy (non-hydrogen) atoms. The van der Waals surface area contributed by atoms with E-state index in [4.69, 9.17) is 27.9 Å². The normalized spacial score (nSPS) is 10.2. The van der Waals surface area contributed by atoms with Crippen LogP contribution in [-0.4, -0.2) is 11.9 Å². The zero-order valence-corrected chi connectivity index (χ0v) is 16.1. The van der Waals surface area contributed by atoms with Crippen molar-refractivity contribution in [1.29, 1.82) is 0 Å². The van der Waals surface area contributed by atoms with Gasteiger partial charge < -0.3 is 10.1 Å². The molecule has 0 aliphatic carbocycles. The molecule has 3 aromatic rings.